The zero-order valence-electron chi connectivity index (χ0n) is 15.5. The molecule has 27 heavy (non-hydrogen) atoms. The predicted octanol–water partition coefficient (Wildman–Crippen LogP) is 5.12. The molecule has 7 heteroatoms. The molecule has 1 atom stereocenters. The number of halogens is 2. The van der Waals surface area contributed by atoms with E-state index < -0.39 is 11.7 Å². The Morgan fingerprint density at radius 2 is 2.00 bits per heavy atom. The number of ether oxygens (including phenoxy) is 2. The van der Waals surface area contributed by atoms with Crippen LogP contribution in [0.1, 0.15) is 20.8 Å². The van der Waals surface area contributed by atoms with Gasteiger partial charge in [-0.05, 0) is 39.0 Å². The Hall–Kier alpha value is -1.95. The number of carbonyl (C=O) groups is 1. The first-order chi connectivity index (χ1) is 12.7. The van der Waals surface area contributed by atoms with Crippen molar-refractivity contribution in [2.75, 3.05) is 18.0 Å². The van der Waals surface area contributed by atoms with Crippen LogP contribution >= 0.6 is 23.2 Å². The van der Waals surface area contributed by atoms with Crippen molar-refractivity contribution in [2.24, 2.45) is 5.73 Å². The first-order valence-electron chi connectivity index (χ1n) is 8.65. The first-order valence-corrected chi connectivity index (χ1v) is 9.41. The second kappa shape index (κ2) is 7.58. The van der Waals surface area contributed by atoms with Crippen molar-refractivity contribution in [1.29, 1.82) is 0 Å². The smallest absolute Gasteiger partial charge is 0.415 e. The van der Waals surface area contributed by atoms with Crippen LogP contribution in [0.2, 0.25) is 10.0 Å². The van der Waals surface area contributed by atoms with E-state index in [0.717, 1.165) is 11.1 Å². The monoisotopic (exact) mass is 408 g/mol. The lowest BCUT2D eigenvalue weighted by atomic mass is 10.0. The van der Waals surface area contributed by atoms with Crippen LogP contribution in [0.15, 0.2) is 36.4 Å². The third kappa shape index (κ3) is 4.32. The maximum atomic E-state index is 12.8. The molecule has 0 saturated carbocycles. The zero-order valence-corrected chi connectivity index (χ0v) is 17.0. The van der Waals surface area contributed by atoms with Crippen LogP contribution in [-0.2, 0) is 4.74 Å². The molecular formula is C20H22Cl2N2O3. The molecule has 0 radical (unpaired) electrons. The molecule has 1 aliphatic heterocycles. The lowest BCUT2D eigenvalue weighted by Crippen LogP contribution is -2.48. The van der Waals surface area contributed by atoms with Crippen molar-refractivity contribution >= 4 is 35.0 Å². The number of anilines is 1. The lowest BCUT2D eigenvalue weighted by molar-refractivity contribution is 0.0550. The summed E-state index contributed by atoms with van der Waals surface area (Å²) in [6.07, 6.45) is -0.790. The van der Waals surface area contributed by atoms with Crippen LogP contribution in [0.5, 0.6) is 5.75 Å². The molecule has 0 spiro atoms. The molecule has 2 aromatic rings. The first kappa shape index (κ1) is 19.8. The lowest BCUT2D eigenvalue weighted by Gasteiger charge is -2.36. The fourth-order valence-electron chi connectivity index (χ4n) is 2.90. The minimum atomic E-state index is -0.606. The topological polar surface area (TPSA) is 64.8 Å². The number of fused-ring (bicyclic) bond motifs is 1. The number of amides is 1. The molecule has 0 unspecified atom stereocenters. The molecular weight excluding hydrogens is 387 g/mol. The number of hydrogen-bond donors (Lipinski definition) is 1. The van der Waals surface area contributed by atoms with E-state index in [1.165, 1.54) is 0 Å². The van der Waals surface area contributed by atoms with Crippen molar-refractivity contribution in [2.45, 2.75) is 32.5 Å². The maximum absolute atomic E-state index is 12.8. The van der Waals surface area contributed by atoms with Crippen molar-refractivity contribution in [3.05, 3.63) is 46.4 Å². The minimum absolute atomic E-state index is 0.265. The quantitative estimate of drug-likeness (QED) is 0.748. The average molecular weight is 409 g/mol. The van der Waals surface area contributed by atoms with E-state index in [1.54, 1.807) is 17.0 Å². The second-order valence-electron chi connectivity index (χ2n) is 7.34. The standard InChI is InChI=1S/C20H22Cl2N2O3/c1-20(2,3)27-19(25)24-11-13(10-23)26-18-15(5-4-6-17(18)24)14-8-7-12(21)9-16(14)22/h4-9,13H,10-11,23H2,1-3H3/t13-/m1/s1. The Kier molecular flexibility index (Phi) is 5.56. The zero-order chi connectivity index (χ0) is 19.8. The number of rotatable bonds is 2. The molecule has 1 heterocycles. The maximum Gasteiger partial charge on any atom is 0.415 e. The normalized spacial score (nSPS) is 16.5. The van der Waals surface area contributed by atoms with E-state index in [2.05, 4.69) is 0 Å². The molecule has 1 aliphatic rings. The van der Waals surface area contributed by atoms with Gasteiger partial charge in [0.2, 0.25) is 0 Å². The number of nitrogens with two attached hydrogens (primary N) is 1. The van der Waals surface area contributed by atoms with Crippen molar-refractivity contribution in [1.82, 2.24) is 0 Å². The van der Waals surface area contributed by atoms with Crippen LogP contribution in [-0.4, -0.2) is 30.9 Å². The van der Waals surface area contributed by atoms with Gasteiger partial charge in [0, 0.05) is 22.7 Å². The molecule has 144 valence electrons. The Labute approximate surface area is 168 Å². The van der Waals surface area contributed by atoms with Gasteiger partial charge in [-0.2, -0.15) is 0 Å². The third-order valence-corrected chi connectivity index (χ3v) is 4.60. The number of hydrogen-bond acceptors (Lipinski definition) is 4. The summed E-state index contributed by atoms with van der Waals surface area (Å²) in [7, 11) is 0. The van der Waals surface area contributed by atoms with Gasteiger partial charge in [0.1, 0.15) is 11.7 Å². The van der Waals surface area contributed by atoms with Gasteiger partial charge >= 0.3 is 6.09 Å². The molecule has 1 amide bonds. The predicted molar refractivity (Wildman–Crippen MR) is 109 cm³/mol. The van der Waals surface area contributed by atoms with Gasteiger partial charge < -0.3 is 15.2 Å². The highest BCUT2D eigenvalue weighted by atomic mass is 35.5. The van der Waals surface area contributed by atoms with Gasteiger partial charge in [-0.1, -0.05) is 41.4 Å². The second-order valence-corrected chi connectivity index (χ2v) is 8.19. The highest BCUT2D eigenvalue weighted by molar-refractivity contribution is 6.36. The third-order valence-electron chi connectivity index (χ3n) is 4.05. The fourth-order valence-corrected chi connectivity index (χ4v) is 3.41. The van der Waals surface area contributed by atoms with E-state index in [9.17, 15) is 4.79 Å². The van der Waals surface area contributed by atoms with E-state index in [4.69, 9.17) is 38.4 Å². The SMILES string of the molecule is CC(C)(C)OC(=O)N1C[C@@H](CN)Oc2c(-c3ccc(Cl)cc3Cl)cccc21. The van der Waals surface area contributed by atoms with Crippen molar-refractivity contribution in [3.63, 3.8) is 0 Å². The molecule has 0 aromatic heterocycles. The van der Waals surface area contributed by atoms with Gasteiger partial charge in [-0.3, -0.25) is 4.90 Å². The number of carbonyl (C=O) groups excluding carboxylic acids is 1. The van der Waals surface area contributed by atoms with Crippen LogP contribution in [0.4, 0.5) is 10.5 Å². The van der Waals surface area contributed by atoms with Gasteiger partial charge in [-0.25, -0.2) is 4.79 Å². The van der Waals surface area contributed by atoms with E-state index >= 15 is 0 Å². The summed E-state index contributed by atoms with van der Waals surface area (Å²) in [6, 6.07) is 10.8. The summed E-state index contributed by atoms with van der Waals surface area (Å²) in [4.78, 5) is 14.3. The van der Waals surface area contributed by atoms with Gasteiger partial charge in [0.25, 0.3) is 0 Å². The summed E-state index contributed by atoms with van der Waals surface area (Å²) in [6.45, 7) is 6.07. The highest BCUT2D eigenvalue weighted by Crippen LogP contribution is 2.44. The molecule has 3 rings (SSSR count). The number of nitrogens with zero attached hydrogens (tertiary/aromatic N) is 1. The Balaban J connectivity index is 2.09. The van der Waals surface area contributed by atoms with Gasteiger partial charge in [0.05, 0.1) is 17.3 Å². The Bertz CT molecular complexity index is 865. The molecule has 2 aromatic carbocycles. The van der Waals surface area contributed by atoms with Gasteiger partial charge in [0.15, 0.2) is 5.75 Å². The van der Waals surface area contributed by atoms with Crippen LogP contribution in [0.3, 0.4) is 0 Å². The van der Waals surface area contributed by atoms with E-state index in [0.29, 0.717) is 28.0 Å². The van der Waals surface area contributed by atoms with Crippen LogP contribution < -0.4 is 15.4 Å². The molecule has 2 N–H and O–H groups in total. The largest absolute Gasteiger partial charge is 0.484 e. The minimum Gasteiger partial charge on any atom is -0.484 e. The van der Waals surface area contributed by atoms with Crippen LogP contribution in [0.25, 0.3) is 11.1 Å². The van der Waals surface area contributed by atoms with Gasteiger partial charge in [-0.15, -0.1) is 0 Å². The summed E-state index contributed by atoms with van der Waals surface area (Å²) in [5.41, 5.74) is 7.39. The Morgan fingerprint density at radius 3 is 2.63 bits per heavy atom. The molecule has 0 saturated heterocycles. The summed E-state index contributed by atoms with van der Waals surface area (Å²) in [5.74, 6) is 0.550. The number of para-hydroxylation sites is 1. The summed E-state index contributed by atoms with van der Waals surface area (Å²) < 4.78 is 11.7. The van der Waals surface area contributed by atoms with E-state index in [1.807, 2.05) is 45.0 Å². The average Bonchev–Trinajstić information content (AvgIpc) is 2.59. The number of benzene rings is 2. The molecule has 5 nitrogen and oxygen atoms in total. The van der Waals surface area contributed by atoms with Crippen LogP contribution in [0, 0.1) is 0 Å². The molecule has 0 bridgehead atoms. The molecule has 0 fully saturated rings. The fraction of sp³-hybridized carbons (Fsp3) is 0.350. The van der Waals surface area contributed by atoms with Crippen molar-refractivity contribution in [3.8, 4) is 16.9 Å². The van der Waals surface area contributed by atoms with E-state index in [-0.39, 0.29) is 12.6 Å². The molecule has 0 aliphatic carbocycles. The summed E-state index contributed by atoms with van der Waals surface area (Å²) in [5, 5.41) is 1.04. The highest BCUT2D eigenvalue weighted by Gasteiger charge is 2.34. The van der Waals surface area contributed by atoms with Crippen molar-refractivity contribution < 1.29 is 14.3 Å². The summed E-state index contributed by atoms with van der Waals surface area (Å²) >= 11 is 12.4. The Morgan fingerprint density at radius 1 is 1.26 bits per heavy atom.